The molecule has 7 nitrogen and oxygen atoms in total. The van der Waals surface area contributed by atoms with Gasteiger partial charge in [0.1, 0.15) is 24.9 Å². The average Bonchev–Trinajstić information content (AvgIpc) is 3.06. The Labute approximate surface area is 175 Å². The van der Waals surface area contributed by atoms with E-state index in [0.717, 1.165) is 64.2 Å². The molecule has 0 aromatic rings. The van der Waals surface area contributed by atoms with E-state index in [1.165, 1.54) is 0 Å². The summed E-state index contributed by atoms with van der Waals surface area (Å²) < 4.78 is 15.9. The van der Waals surface area contributed by atoms with Crippen LogP contribution in [0, 0.1) is 0 Å². The van der Waals surface area contributed by atoms with Gasteiger partial charge < -0.3 is 24.4 Å². The molecule has 4 atom stereocenters. The minimum absolute atomic E-state index is 0.0262. The van der Waals surface area contributed by atoms with Crippen molar-refractivity contribution in [1.29, 1.82) is 0 Å². The predicted octanol–water partition coefficient (Wildman–Crippen LogP) is 3.28. The minimum atomic E-state index is -1.15. The molecule has 1 rings (SSSR count). The molecule has 0 aromatic carbocycles. The first-order valence-corrected chi connectivity index (χ1v) is 11.3. The Hall–Kier alpha value is -1.18. The molecular formula is C22H40O7. The summed E-state index contributed by atoms with van der Waals surface area (Å²) in [5, 5.41) is 20.4. The first kappa shape index (κ1) is 25.9. The fourth-order valence-electron chi connectivity index (χ4n) is 3.40. The number of unbranched alkanes of at least 4 members (excludes halogenated alkanes) is 8. The molecule has 0 saturated carbocycles. The van der Waals surface area contributed by atoms with E-state index in [9.17, 15) is 19.8 Å². The number of carbonyl (C=O) groups excluding carboxylic acids is 2. The summed E-state index contributed by atoms with van der Waals surface area (Å²) in [4.78, 5) is 23.9. The van der Waals surface area contributed by atoms with Crippen LogP contribution in [0.25, 0.3) is 0 Å². The highest BCUT2D eigenvalue weighted by atomic mass is 16.6. The van der Waals surface area contributed by atoms with Gasteiger partial charge in [0.25, 0.3) is 0 Å². The molecule has 170 valence electrons. The van der Waals surface area contributed by atoms with Crippen LogP contribution in [0.15, 0.2) is 0 Å². The zero-order valence-electron chi connectivity index (χ0n) is 18.1. The molecule has 0 bridgehead atoms. The van der Waals surface area contributed by atoms with Crippen molar-refractivity contribution in [2.24, 2.45) is 0 Å². The summed E-state index contributed by atoms with van der Waals surface area (Å²) in [5.74, 6) is -0.767. The zero-order chi connectivity index (χ0) is 21.5. The number of aliphatic hydroxyl groups is 2. The van der Waals surface area contributed by atoms with Crippen LogP contribution in [0.5, 0.6) is 0 Å². The average molecular weight is 417 g/mol. The molecule has 0 amide bonds. The fraction of sp³-hybridized carbons (Fsp3) is 0.909. The second-order valence-corrected chi connectivity index (χ2v) is 7.90. The predicted molar refractivity (Wildman–Crippen MR) is 109 cm³/mol. The molecule has 0 aromatic heterocycles. The molecule has 1 saturated heterocycles. The Kier molecular flexibility index (Phi) is 13.9. The third-order valence-corrected chi connectivity index (χ3v) is 5.19. The van der Waals surface area contributed by atoms with Crippen molar-refractivity contribution in [1.82, 2.24) is 0 Å². The van der Waals surface area contributed by atoms with E-state index in [4.69, 9.17) is 14.2 Å². The van der Waals surface area contributed by atoms with E-state index in [1.54, 1.807) is 0 Å². The molecule has 0 spiro atoms. The Bertz CT molecular complexity index is 454. The maximum atomic E-state index is 12.0. The maximum Gasteiger partial charge on any atom is 0.306 e. The number of ether oxygens (including phenoxy) is 3. The van der Waals surface area contributed by atoms with Crippen LogP contribution in [0.4, 0.5) is 0 Å². The third-order valence-electron chi connectivity index (χ3n) is 5.19. The highest BCUT2D eigenvalue weighted by Gasteiger charge is 2.43. The minimum Gasteiger partial charge on any atom is -0.463 e. The number of hydrogen-bond acceptors (Lipinski definition) is 7. The van der Waals surface area contributed by atoms with E-state index in [1.807, 2.05) is 0 Å². The first-order chi connectivity index (χ1) is 14.0. The van der Waals surface area contributed by atoms with Crippen molar-refractivity contribution >= 4 is 11.9 Å². The summed E-state index contributed by atoms with van der Waals surface area (Å²) in [6.07, 6.45) is 6.86. The van der Waals surface area contributed by atoms with Gasteiger partial charge in [-0.15, -0.1) is 0 Å². The van der Waals surface area contributed by atoms with Crippen LogP contribution >= 0.6 is 0 Å². The van der Waals surface area contributed by atoms with Gasteiger partial charge in [-0.05, 0) is 12.8 Å². The van der Waals surface area contributed by atoms with E-state index in [0.29, 0.717) is 6.42 Å². The van der Waals surface area contributed by atoms with E-state index < -0.39 is 30.4 Å². The van der Waals surface area contributed by atoms with Crippen molar-refractivity contribution < 1.29 is 34.0 Å². The lowest BCUT2D eigenvalue weighted by molar-refractivity contribution is -0.164. The third kappa shape index (κ3) is 11.0. The van der Waals surface area contributed by atoms with Crippen LogP contribution in [0.3, 0.4) is 0 Å². The molecule has 0 aliphatic carbocycles. The second-order valence-electron chi connectivity index (χ2n) is 7.90. The lowest BCUT2D eigenvalue weighted by Crippen LogP contribution is -2.44. The normalized spacial score (nSPS) is 22.4. The summed E-state index contributed by atoms with van der Waals surface area (Å²) in [5.41, 5.74) is 0. The van der Waals surface area contributed by atoms with Gasteiger partial charge in [-0.1, -0.05) is 65.2 Å². The van der Waals surface area contributed by atoms with Crippen molar-refractivity contribution in [3.05, 3.63) is 0 Å². The Morgan fingerprint density at radius 1 is 0.931 bits per heavy atom. The van der Waals surface area contributed by atoms with E-state index in [-0.39, 0.29) is 25.6 Å². The summed E-state index contributed by atoms with van der Waals surface area (Å²) in [7, 11) is 0. The standard InChI is InChI=1S/C22H40O7/c1-3-5-7-9-11-13-19(25)27-15-17(23)21-22(18(24)16-28-21)29-20(26)14-12-10-8-6-4-2/h17-18,21-24H,3-16H2,1-2H3/t17-,18-,21?,22+/m0/s1. The van der Waals surface area contributed by atoms with Crippen molar-refractivity contribution in [3.8, 4) is 0 Å². The van der Waals surface area contributed by atoms with Gasteiger partial charge >= 0.3 is 11.9 Å². The number of esters is 2. The van der Waals surface area contributed by atoms with Crippen molar-refractivity contribution in [2.45, 2.75) is 115 Å². The Balaban J connectivity index is 2.30. The summed E-state index contributed by atoms with van der Waals surface area (Å²) in [6, 6.07) is 0. The zero-order valence-corrected chi connectivity index (χ0v) is 18.1. The van der Waals surface area contributed by atoms with Gasteiger partial charge in [0.2, 0.25) is 0 Å². The molecular weight excluding hydrogens is 376 g/mol. The number of carbonyl (C=O) groups is 2. The number of rotatable bonds is 16. The van der Waals surface area contributed by atoms with Crippen molar-refractivity contribution in [3.63, 3.8) is 0 Å². The highest BCUT2D eigenvalue weighted by molar-refractivity contribution is 5.70. The van der Waals surface area contributed by atoms with Gasteiger partial charge in [0.05, 0.1) is 6.61 Å². The molecule has 1 aliphatic rings. The topological polar surface area (TPSA) is 102 Å². The lowest BCUT2D eigenvalue weighted by Gasteiger charge is -2.24. The molecule has 1 fully saturated rings. The first-order valence-electron chi connectivity index (χ1n) is 11.3. The molecule has 7 heteroatoms. The summed E-state index contributed by atoms with van der Waals surface area (Å²) >= 11 is 0. The van der Waals surface area contributed by atoms with Crippen LogP contribution in [-0.4, -0.2) is 59.8 Å². The fourth-order valence-corrected chi connectivity index (χ4v) is 3.40. The van der Waals surface area contributed by atoms with Crippen LogP contribution < -0.4 is 0 Å². The van der Waals surface area contributed by atoms with Gasteiger partial charge in [-0.2, -0.15) is 0 Å². The maximum absolute atomic E-state index is 12.0. The molecule has 0 radical (unpaired) electrons. The molecule has 1 aliphatic heterocycles. The largest absolute Gasteiger partial charge is 0.463 e. The Morgan fingerprint density at radius 3 is 2.07 bits per heavy atom. The molecule has 29 heavy (non-hydrogen) atoms. The smallest absolute Gasteiger partial charge is 0.306 e. The van der Waals surface area contributed by atoms with Crippen LogP contribution in [-0.2, 0) is 23.8 Å². The van der Waals surface area contributed by atoms with Gasteiger partial charge in [-0.25, -0.2) is 0 Å². The summed E-state index contributed by atoms with van der Waals surface area (Å²) in [6.45, 7) is 4.00. The second kappa shape index (κ2) is 15.6. The van der Waals surface area contributed by atoms with E-state index >= 15 is 0 Å². The van der Waals surface area contributed by atoms with Crippen LogP contribution in [0.2, 0.25) is 0 Å². The molecule has 2 N–H and O–H groups in total. The molecule has 1 heterocycles. The highest BCUT2D eigenvalue weighted by Crippen LogP contribution is 2.22. The monoisotopic (exact) mass is 416 g/mol. The number of hydrogen-bond donors (Lipinski definition) is 2. The van der Waals surface area contributed by atoms with E-state index in [2.05, 4.69) is 13.8 Å². The van der Waals surface area contributed by atoms with Crippen LogP contribution in [0.1, 0.15) is 90.9 Å². The quantitative estimate of drug-likeness (QED) is 0.294. The van der Waals surface area contributed by atoms with Gasteiger partial charge in [0.15, 0.2) is 6.10 Å². The van der Waals surface area contributed by atoms with Gasteiger partial charge in [0, 0.05) is 12.8 Å². The Morgan fingerprint density at radius 2 is 1.48 bits per heavy atom. The SMILES string of the molecule is CCCCCCCC(=O)OC[C@H](O)C1OC[C@H](O)[C@H]1OC(=O)CCCCCCC. The lowest BCUT2D eigenvalue weighted by atomic mass is 10.1. The molecule has 1 unspecified atom stereocenters. The number of aliphatic hydroxyl groups excluding tert-OH is 2. The van der Waals surface area contributed by atoms with Gasteiger partial charge in [-0.3, -0.25) is 9.59 Å². The van der Waals surface area contributed by atoms with Crippen molar-refractivity contribution in [2.75, 3.05) is 13.2 Å².